The molecule has 0 bridgehead atoms. The predicted molar refractivity (Wildman–Crippen MR) is 130 cm³/mol. The average Bonchev–Trinajstić information content (AvgIpc) is 3.34. The molecule has 36 heavy (non-hydrogen) atoms. The largest absolute Gasteiger partial charge is 0.494 e. The molecule has 3 amide bonds. The van der Waals surface area contributed by atoms with E-state index in [-0.39, 0.29) is 34.7 Å². The second-order valence-corrected chi connectivity index (χ2v) is 10.7. The SMILES string of the molecule is CCOc1ccc(N2C(=O)c3ccc(C(=O)OCC(=O)N(CC)[C@H]4CCS(=O)(=O)C4)cc3C2=O)cc1. The summed E-state index contributed by atoms with van der Waals surface area (Å²) >= 11 is 0. The van der Waals surface area contributed by atoms with Crippen LogP contribution in [0, 0.1) is 0 Å². The molecular formula is C25H26N2O8S. The van der Waals surface area contributed by atoms with Gasteiger partial charge in [0, 0.05) is 12.6 Å². The average molecular weight is 515 g/mol. The summed E-state index contributed by atoms with van der Waals surface area (Å²) < 4.78 is 34.0. The number of likely N-dealkylation sites (N-methyl/N-ethyl adjacent to an activating group) is 1. The standard InChI is InChI=1S/C25H26N2O8S/c1-3-26(18-11-12-36(32,33)15-18)22(28)14-35-25(31)16-5-10-20-21(13-16)24(30)27(23(20)29)17-6-8-19(9-7-17)34-4-2/h5-10,13,18H,3-4,11-12,14-15H2,1-2H3/t18-/m0/s1. The molecule has 190 valence electrons. The maximum Gasteiger partial charge on any atom is 0.338 e. The van der Waals surface area contributed by atoms with E-state index in [1.165, 1.54) is 23.1 Å². The molecule has 2 aromatic rings. The molecule has 1 atom stereocenters. The molecule has 1 saturated heterocycles. The number of hydrogen-bond donors (Lipinski definition) is 0. The van der Waals surface area contributed by atoms with Crippen molar-refractivity contribution in [3.63, 3.8) is 0 Å². The van der Waals surface area contributed by atoms with E-state index in [0.717, 1.165) is 4.90 Å². The molecule has 4 rings (SSSR count). The van der Waals surface area contributed by atoms with Crippen molar-refractivity contribution in [2.45, 2.75) is 26.3 Å². The molecule has 0 aliphatic carbocycles. The number of amides is 3. The highest BCUT2D eigenvalue weighted by Crippen LogP contribution is 2.30. The lowest BCUT2D eigenvalue weighted by atomic mass is 10.1. The van der Waals surface area contributed by atoms with Gasteiger partial charge in [0.05, 0.1) is 40.5 Å². The molecule has 2 aliphatic rings. The lowest BCUT2D eigenvalue weighted by Gasteiger charge is -2.26. The highest BCUT2D eigenvalue weighted by molar-refractivity contribution is 7.91. The van der Waals surface area contributed by atoms with Gasteiger partial charge in [-0.05, 0) is 62.7 Å². The van der Waals surface area contributed by atoms with Crippen LogP contribution >= 0.6 is 0 Å². The Morgan fingerprint density at radius 1 is 1.03 bits per heavy atom. The van der Waals surface area contributed by atoms with E-state index < -0.39 is 46.2 Å². The predicted octanol–water partition coefficient (Wildman–Crippen LogP) is 2.08. The number of nitrogens with zero attached hydrogens (tertiary/aromatic N) is 2. The number of imide groups is 1. The van der Waals surface area contributed by atoms with E-state index in [4.69, 9.17) is 9.47 Å². The van der Waals surface area contributed by atoms with Crippen LogP contribution in [0.5, 0.6) is 5.75 Å². The highest BCUT2D eigenvalue weighted by atomic mass is 32.2. The van der Waals surface area contributed by atoms with Gasteiger partial charge < -0.3 is 14.4 Å². The molecule has 0 spiro atoms. The van der Waals surface area contributed by atoms with Crippen LogP contribution in [0.25, 0.3) is 0 Å². The molecule has 1 fully saturated rings. The van der Waals surface area contributed by atoms with Gasteiger partial charge in [-0.2, -0.15) is 0 Å². The monoisotopic (exact) mass is 514 g/mol. The Labute approximate surface area is 208 Å². The summed E-state index contributed by atoms with van der Waals surface area (Å²) in [5.74, 6) is -1.90. The first kappa shape index (κ1) is 25.4. The molecule has 0 radical (unpaired) electrons. The van der Waals surface area contributed by atoms with Crippen molar-refractivity contribution in [3.8, 4) is 5.75 Å². The van der Waals surface area contributed by atoms with Crippen LogP contribution in [0.4, 0.5) is 5.69 Å². The van der Waals surface area contributed by atoms with Crippen LogP contribution in [0.1, 0.15) is 51.3 Å². The number of esters is 1. The molecular weight excluding hydrogens is 488 g/mol. The van der Waals surface area contributed by atoms with Crippen molar-refractivity contribution >= 4 is 39.2 Å². The summed E-state index contributed by atoms with van der Waals surface area (Å²) in [7, 11) is -3.17. The van der Waals surface area contributed by atoms with Gasteiger partial charge in [-0.15, -0.1) is 0 Å². The minimum absolute atomic E-state index is 0.0164. The second-order valence-electron chi connectivity index (χ2n) is 8.45. The Kier molecular flexibility index (Phi) is 7.11. The van der Waals surface area contributed by atoms with E-state index >= 15 is 0 Å². The quantitative estimate of drug-likeness (QED) is 0.387. The molecule has 2 heterocycles. The smallest absolute Gasteiger partial charge is 0.338 e. The van der Waals surface area contributed by atoms with Gasteiger partial charge in [-0.25, -0.2) is 18.1 Å². The Bertz CT molecular complexity index is 1320. The zero-order valence-electron chi connectivity index (χ0n) is 19.9. The van der Waals surface area contributed by atoms with Gasteiger partial charge in [0.2, 0.25) is 0 Å². The summed E-state index contributed by atoms with van der Waals surface area (Å²) in [6.45, 7) is 3.78. The lowest BCUT2D eigenvalue weighted by molar-refractivity contribution is -0.136. The second kappa shape index (κ2) is 10.1. The maximum absolute atomic E-state index is 13.0. The zero-order chi connectivity index (χ0) is 26.0. The van der Waals surface area contributed by atoms with E-state index in [2.05, 4.69) is 0 Å². The van der Waals surface area contributed by atoms with Gasteiger partial charge >= 0.3 is 5.97 Å². The van der Waals surface area contributed by atoms with Gasteiger partial charge in [-0.3, -0.25) is 14.4 Å². The molecule has 0 unspecified atom stereocenters. The maximum atomic E-state index is 13.0. The van der Waals surface area contributed by atoms with Crippen molar-refractivity contribution in [2.24, 2.45) is 0 Å². The van der Waals surface area contributed by atoms with Crippen LogP contribution in [0.2, 0.25) is 0 Å². The third-order valence-corrected chi connectivity index (χ3v) is 7.92. The number of anilines is 1. The summed E-state index contributed by atoms with van der Waals surface area (Å²) in [5.41, 5.74) is 0.595. The van der Waals surface area contributed by atoms with E-state index in [9.17, 15) is 27.6 Å². The number of sulfone groups is 1. The topological polar surface area (TPSA) is 127 Å². The summed E-state index contributed by atoms with van der Waals surface area (Å²) in [6, 6.07) is 10.1. The molecule has 2 aromatic carbocycles. The third-order valence-electron chi connectivity index (χ3n) is 6.17. The number of rotatable bonds is 8. The van der Waals surface area contributed by atoms with Crippen molar-refractivity contribution in [3.05, 3.63) is 59.2 Å². The molecule has 0 aromatic heterocycles. The van der Waals surface area contributed by atoms with E-state index in [1.807, 2.05) is 6.92 Å². The van der Waals surface area contributed by atoms with Crippen molar-refractivity contribution in [1.29, 1.82) is 0 Å². The van der Waals surface area contributed by atoms with Crippen molar-refractivity contribution < 1.29 is 37.1 Å². The Balaban J connectivity index is 1.44. The fraction of sp³-hybridized carbons (Fsp3) is 0.360. The third kappa shape index (κ3) is 4.97. The molecule has 11 heteroatoms. The fourth-order valence-electron chi connectivity index (χ4n) is 4.41. The number of benzene rings is 2. The minimum atomic E-state index is -3.17. The first-order valence-electron chi connectivity index (χ1n) is 11.6. The van der Waals surface area contributed by atoms with Gasteiger partial charge in [0.25, 0.3) is 17.7 Å². The molecule has 10 nitrogen and oxygen atoms in total. The van der Waals surface area contributed by atoms with Crippen LogP contribution < -0.4 is 9.64 Å². The Morgan fingerprint density at radius 3 is 2.33 bits per heavy atom. The van der Waals surface area contributed by atoms with E-state index in [1.54, 1.807) is 31.2 Å². The highest BCUT2D eigenvalue weighted by Gasteiger charge is 2.38. The Hall–Kier alpha value is -3.73. The first-order valence-corrected chi connectivity index (χ1v) is 13.4. The summed E-state index contributed by atoms with van der Waals surface area (Å²) in [4.78, 5) is 53.5. The van der Waals surface area contributed by atoms with E-state index in [0.29, 0.717) is 24.5 Å². The summed E-state index contributed by atoms with van der Waals surface area (Å²) in [5, 5.41) is 0. The molecule has 0 saturated carbocycles. The van der Waals surface area contributed by atoms with Crippen molar-refractivity contribution in [2.75, 3.05) is 36.2 Å². The Morgan fingerprint density at radius 2 is 1.72 bits per heavy atom. The molecule has 2 aliphatic heterocycles. The number of hydrogen-bond acceptors (Lipinski definition) is 8. The van der Waals surface area contributed by atoms with Gasteiger partial charge in [-0.1, -0.05) is 0 Å². The summed E-state index contributed by atoms with van der Waals surface area (Å²) in [6.07, 6.45) is 0.349. The van der Waals surface area contributed by atoms with Crippen molar-refractivity contribution in [1.82, 2.24) is 4.90 Å². The van der Waals surface area contributed by atoms with Crippen LogP contribution in [-0.4, -0.2) is 74.3 Å². The minimum Gasteiger partial charge on any atom is -0.494 e. The number of carbonyl (C=O) groups is 4. The number of carbonyl (C=O) groups excluding carboxylic acids is 4. The van der Waals surface area contributed by atoms with Crippen LogP contribution in [0.15, 0.2) is 42.5 Å². The van der Waals surface area contributed by atoms with Gasteiger partial charge in [0.1, 0.15) is 5.75 Å². The van der Waals surface area contributed by atoms with Crippen LogP contribution in [0.3, 0.4) is 0 Å². The first-order chi connectivity index (χ1) is 17.1. The molecule has 0 N–H and O–H groups in total. The number of ether oxygens (including phenoxy) is 2. The fourth-order valence-corrected chi connectivity index (χ4v) is 6.14. The number of fused-ring (bicyclic) bond motifs is 1. The van der Waals surface area contributed by atoms with Crippen LogP contribution in [-0.2, 0) is 19.4 Å². The normalized spacial score (nSPS) is 18.2. The zero-order valence-corrected chi connectivity index (χ0v) is 20.7. The van der Waals surface area contributed by atoms with Gasteiger partial charge in [0.15, 0.2) is 16.4 Å². The lowest BCUT2D eigenvalue weighted by Crippen LogP contribution is -2.43.